The zero-order valence-electron chi connectivity index (χ0n) is 15.5. The fourth-order valence-electron chi connectivity index (χ4n) is 4.00. The second kappa shape index (κ2) is 7.97. The molecule has 29 heavy (non-hydrogen) atoms. The third kappa shape index (κ3) is 3.54. The third-order valence-corrected chi connectivity index (χ3v) is 5.69. The van der Waals surface area contributed by atoms with Crippen LogP contribution in [0.15, 0.2) is 48.5 Å². The molecule has 4 N–H and O–H groups in total. The Labute approximate surface area is 178 Å². The summed E-state index contributed by atoms with van der Waals surface area (Å²) in [6.45, 7) is 0.287. The number of aromatic amines is 1. The van der Waals surface area contributed by atoms with E-state index in [4.69, 9.17) is 28.9 Å². The van der Waals surface area contributed by atoms with Crippen molar-refractivity contribution in [3.63, 3.8) is 0 Å². The number of aromatic nitrogens is 1. The molecule has 150 valence electrons. The van der Waals surface area contributed by atoms with E-state index in [1.54, 1.807) is 12.1 Å². The lowest BCUT2D eigenvalue weighted by atomic mass is 9.88. The topological polar surface area (TPSA) is 91.2 Å². The number of hydrogen-bond donors (Lipinski definition) is 3. The Morgan fingerprint density at radius 3 is 2.59 bits per heavy atom. The Balaban J connectivity index is 1.92. The van der Waals surface area contributed by atoms with Crippen LogP contribution in [0.3, 0.4) is 0 Å². The highest BCUT2D eigenvalue weighted by atomic mass is 35.5. The van der Waals surface area contributed by atoms with E-state index >= 15 is 0 Å². The summed E-state index contributed by atoms with van der Waals surface area (Å²) in [5.74, 6) is -0.287. The molecule has 1 unspecified atom stereocenters. The highest BCUT2D eigenvalue weighted by molar-refractivity contribution is 6.30. The molecular weight excluding hydrogens is 411 g/mol. The van der Waals surface area contributed by atoms with Crippen molar-refractivity contribution in [2.45, 2.75) is 18.5 Å². The summed E-state index contributed by atoms with van der Waals surface area (Å²) < 4.78 is 0. The maximum atomic E-state index is 13.1. The van der Waals surface area contributed by atoms with Crippen molar-refractivity contribution in [2.24, 2.45) is 5.73 Å². The van der Waals surface area contributed by atoms with Crippen molar-refractivity contribution in [1.82, 2.24) is 15.2 Å². The summed E-state index contributed by atoms with van der Waals surface area (Å²) in [7, 11) is 0. The number of amides is 3. The van der Waals surface area contributed by atoms with Gasteiger partial charge in [0.1, 0.15) is 12.1 Å². The number of carbonyl (C=O) groups is 2. The predicted molar refractivity (Wildman–Crippen MR) is 114 cm³/mol. The van der Waals surface area contributed by atoms with Gasteiger partial charge in [-0.05, 0) is 29.3 Å². The van der Waals surface area contributed by atoms with E-state index in [1.807, 2.05) is 36.4 Å². The van der Waals surface area contributed by atoms with Gasteiger partial charge in [0, 0.05) is 40.5 Å². The number of H-pyrrole nitrogens is 1. The highest BCUT2D eigenvalue weighted by Crippen LogP contribution is 2.41. The van der Waals surface area contributed by atoms with Gasteiger partial charge >= 0.3 is 6.03 Å². The SMILES string of the molecule is NC(=O)[C@H]1Cc2c([nH]c3ccccc23)C(c2ccc(Cl)cc2)N1C(=O)NCCCl. The van der Waals surface area contributed by atoms with Gasteiger partial charge in [-0.3, -0.25) is 9.69 Å². The zero-order valence-corrected chi connectivity index (χ0v) is 17.0. The lowest BCUT2D eigenvalue weighted by Crippen LogP contribution is -2.56. The number of carbonyl (C=O) groups excluding carboxylic acids is 2. The van der Waals surface area contributed by atoms with Crippen molar-refractivity contribution >= 4 is 46.0 Å². The molecule has 1 aliphatic heterocycles. The molecule has 3 aromatic rings. The standard InChI is InChI=1S/C21H20Cl2N4O2/c22-9-10-25-21(29)27-17(20(24)28)11-15-14-3-1-2-4-16(14)26-18(15)19(27)12-5-7-13(23)8-6-12/h1-8,17,19,26H,9-11H2,(H2,24,28)(H,25,29)/t17-,19?/m1/s1. The largest absolute Gasteiger partial charge is 0.368 e. The molecule has 1 aliphatic rings. The summed E-state index contributed by atoms with van der Waals surface area (Å²) in [5.41, 5.74) is 9.37. The Morgan fingerprint density at radius 1 is 1.17 bits per heavy atom. The van der Waals surface area contributed by atoms with Crippen molar-refractivity contribution in [3.05, 3.63) is 70.4 Å². The number of benzene rings is 2. The molecule has 2 aromatic carbocycles. The Kier molecular flexibility index (Phi) is 5.39. The van der Waals surface area contributed by atoms with Crippen LogP contribution < -0.4 is 11.1 Å². The molecule has 0 fully saturated rings. The number of para-hydroxylation sites is 1. The van der Waals surface area contributed by atoms with Gasteiger partial charge in [0.25, 0.3) is 0 Å². The fraction of sp³-hybridized carbons (Fsp3) is 0.238. The van der Waals surface area contributed by atoms with Gasteiger partial charge in [0.15, 0.2) is 0 Å². The molecule has 6 nitrogen and oxygen atoms in total. The second-order valence-electron chi connectivity index (χ2n) is 6.97. The minimum absolute atomic E-state index is 0.268. The molecule has 0 saturated carbocycles. The van der Waals surface area contributed by atoms with Crippen LogP contribution in [-0.4, -0.2) is 40.3 Å². The van der Waals surface area contributed by atoms with Crippen LogP contribution in [0, 0.1) is 0 Å². The smallest absolute Gasteiger partial charge is 0.318 e. The van der Waals surface area contributed by atoms with E-state index in [2.05, 4.69) is 10.3 Å². The summed E-state index contributed by atoms with van der Waals surface area (Å²) in [6.07, 6.45) is 0.340. The van der Waals surface area contributed by atoms with E-state index in [1.165, 1.54) is 4.90 Å². The molecular formula is C21H20Cl2N4O2. The molecule has 2 heterocycles. The van der Waals surface area contributed by atoms with E-state index in [-0.39, 0.29) is 12.4 Å². The van der Waals surface area contributed by atoms with Crippen molar-refractivity contribution in [1.29, 1.82) is 0 Å². The number of hydrogen-bond acceptors (Lipinski definition) is 2. The lowest BCUT2D eigenvalue weighted by molar-refractivity contribution is -0.123. The minimum atomic E-state index is -0.794. The molecule has 4 rings (SSSR count). The molecule has 1 aromatic heterocycles. The van der Waals surface area contributed by atoms with E-state index in [9.17, 15) is 9.59 Å². The zero-order chi connectivity index (χ0) is 20.5. The Morgan fingerprint density at radius 2 is 1.90 bits per heavy atom. The predicted octanol–water partition coefficient (Wildman–Crippen LogP) is 3.57. The first-order valence-electron chi connectivity index (χ1n) is 9.27. The number of rotatable bonds is 4. The van der Waals surface area contributed by atoms with Gasteiger partial charge < -0.3 is 16.0 Å². The van der Waals surface area contributed by atoms with Crippen molar-refractivity contribution in [3.8, 4) is 0 Å². The average Bonchev–Trinajstić information content (AvgIpc) is 3.09. The quantitative estimate of drug-likeness (QED) is 0.552. The van der Waals surface area contributed by atoms with Gasteiger partial charge in [0.05, 0.1) is 0 Å². The maximum absolute atomic E-state index is 13.1. The second-order valence-corrected chi connectivity index (χ2v) is 7.78. The Bertz CT molecular complexity index is 1060. The number of nitrogens with two attached hydrogens (primary N) is 1. The molecule has 8 heteroatoms. The van der Waals surface area contributed by atoms with E-state index in [0.717, 1.165) is 27.7 Å². The van der Waals surface area contributed by atoms with Gasteiger partial charge in [-0.15, -0.1) is 11.6 Å². The fourth-order valence-corrected chi connectivity index (χ4v) is 4.22. The lowest BCUT2D eigenvalue weighted by Gasteiger charge is -2.40. The number of halogens is 2. The van der Waals surface area contributed by atoms with Crippen LogP contribution in [0.4, 0.5) is 4.79 Å². The first-order valence-corrected chi connectivity index (χ1v) is 10.2. The monoisotopic (exact) mass is 430 g/mol. The number of alkyl halides is 1. The molecule has 0 aliphatic carbocycles. The number of nitrogens with one attached hydrogen (secondary N) is 2. The summed E-state index contributed by atoms with van der Waals surface area (Å²) in [6, 6.07) is 13.4. The van der Waals surface area contributed by atoms with E-state index < -0.39 is 24.0 Å². The maximum Gasteiger partial charge on any atom is 0.318 e. The summed E-state index contributed by atoms with van der Waals surface area (Å²) >= 11 is 11.8. The van der Waals surface area contributed by atoms with E-state index in [0.29, 0.717) is 11.4 Å². The molecule has 0 radical (unpaired) electrons. The number of fused-ring (bicyclic) bond motifs is 3. The van der Waals surface area contributed by atoms with Crippen molar-refractivity contribution in [2.75, 3.05) is 12.4 Å². The molecule has 0 bridgehead atoms. The minimum Gasteiger partial charge on any atom is -0.368 e. The van der Waals surface area contributed by atoms with Gasteiger partial charge in [0.2, 0.25) is 5.91 Å². The Hall–Kier alpha value is -2.70. The number of urea groups is 1. The third-order valence-electron chi connectivity index (χ3n) is 5.25. The average molecular weight is 431 g/mol. The van der Waals surface area contributed by atoms with Crippen LogP contribution in [-0.2, 0) is 11.2 Å². The first-order chi connectivity index (χ1) is 14.0. The summed E-state index contributed by atoms with van der Waals surface area (Å²) in [5, 5.41) is 4.38. The van der Waals surface area contributed by atoms with Crippen LogP contribution >= 0.6 is 23.2 Å². The van der Waals surface area contributed by atoms with Crippen LogP contribution in [0.1, 0.15) is 22.9 Å². The highest BCUT2D eigenvalue weighted by Gasteiger charge is 2.42. The summed E-state index contributed by atoms with van der Waals surface area (Å²) in [4.78, 5) is 30.4. The normalized spacial score (nSPS) is 18.5. The first kappa shape index (κ1) is 19.6. The van der Waals surface area contributed by atoms with Crippen LogP contribution in [0.2, 0.25) is 5.02 Å². The van der Waals surface area contributed by atoms with Crippen molar-refractivity contribution < 1.29 is 9.59 Å². The number of primary amides is 1. The molecule has 0 saturated heterocycles. The van der Waals surface area contributed by atoms with Crippen LogP contribution in [0.5, 0.6) is 0 Å². The van der Waals surface area contributed by atoms with Crippen LogP contribution in [0.25, 0.3) is 10.9 Å². The van der Waals surface area contributed by atoms with Gasteiger partial charge in [-0.1, -0.05) is 41.9 Å². The molecule has 2 atom stereocenters. The van der Waals surface area contributed by atoms with Gasteiger partial charge in [-0.25, -0.2) is 4.79 Å². The van der Waals surface area contributed by atoms with Gasteiger partial charge in [-0.2, -0.15) is 0 Å². The number of nitrogens with zero attached hydrogens (tertiary/aromatic N) is 1. The molecule has 0 spiro atoms. The molecule has 3 amide bonds.